The number of ether oxygens (including phenoxy) is 1. The Bertz CT molecular complexity index is 404. The van der Waals surface area contributed by atoms with Crippen LogP contribution in [0.5, 0.6) is 0 Å². The van der Waals surface area contributed by atoms with E-state index in [2.05, 4.69) is 10.1 Å². The molecule has 0 heterocycles. The first kappa shape index (κ1) is 17.9. The van der Waals surface area contributed by atoms with Crippen LogP contribution < -0.4 is 5.32 Å². The van der Waals surface area contributed by atoms with Gasteiger partial charge >= 0.3 is 12.2 Å². The molecule has 0 saturated carbocycles. The molecule has 1 amide bonds. The third kappa shape index (κ3) is 6.77. The van der Waals surface area contributed by atoms with Crippen molar-refractivity contribution in [2.75, 3.05) is 7.11 Å². The SMILES string of the molecule is CCCC(OC)C(=O)NC(CCC(=O)C=[N+]=[N-])C(=O)O. The van der Waals surface area contributed by atoms with E-state index in [1.54, 1.807) is 0 Å². The first-order chi connectivity index (χ1) is 9.46. The molecule has 0 aliphatic rings. The minimum absolute atomic E-state index is 0.0888. The summed E-state index contributed by atoms with van der Waals surface area (Å²) in [5, 5.41) is 11.3. The van der Waals surface area contributed by atoms with E-state index in [0.717, 1.165) is 6.42 Å². The lowest BCUT2D eigenvalue weighted by Crippen LogP contribution is -2.46. The summed E-state index contributed by atoms with van der Waals surface area (Å²) in [6, 6.07) is -1.19. The molecular formula is C12H19N3O5. The zero-order valence-corrected chi connectivity index (χ0v) is 11.5. The average molecular weight is 285 g/mol. The summed E-state index contributed by atoms with van der Waals surface area (Å²) in [5.74, 6) is -2.28. The normalized spacial score (nSPS) is 12.9. The van der Waals surface area contributed by atoms with E-state index < -0.39 is 29.8 Å². The number of Topliss-reactive ketones (excluding diaryl/α,β-unsaturated/α-hetero) is 1. The second-order valence-electron chi connectivity index (χ2n) is 4.16. The van der Waals surface area contributed by atoms with Gasteiger partial charge in [-0.3, -0.25) is 9.59 Å². The summed E-state index contributed by atoms with van der Waals surface area (Å²) in [7, 11) is 1.37. The van der Waals surface area contributed by atoms with Crippen LogP contribution in [0.3, 0.4) is 0 Å². The lowest BCUT2D eigenvalue weighted by Gasteiger charge is -2.18. The number of aliphatic carboxylic acids is 1. The predicted octanol–water partition coefficient (Wildman–Crippen LogP) is 0.0208. The van der Waals surface area contributed by atoms with Gasteiger partial charge in [0.15, 0.2) is 0 Å². The Kier molecular flexibility index (Phi) is 8.82. The smallest absolute Gasteiger partial charge is 0.326 e. The lowest BCUT2D eigenvalue weighted by atomic mass is 10.1. The molecule has 0 radical (unpaired) electrons. The summed E-state index contributed by atoms with van der Waals surface area (Å²) in [4.78, 5) is 36.5. The molecule has 20 heavy (non-hydrogen) atoms. The fourth-order valence-electron chi connectivity index (χ4n) is 1.56. The van der Waals surface area contributed by atoms with E-state index in [0.29, 0.717) is 12.6 Å². The van der Waals surface area contributed by atoms with Gasteiger partial charge in [0.1, 0.15) is 12.1 Å². The zero-order valence-electron chi connectivity index (χ0n) is 11.5. The highest BCUT2D eigenvalue weighted by Gasteiger charge is 2.25. The number of amides is 1. The highest BCUT2D eigenvalue weighted by Crippen LogP contribution is 2.04. The highest BCUT2D eigenvalue weighted by molar-refractivity contribution is 6.25. The summed E-state index contributed by atoms with van der Waals surface area (Å²) < 4.78 is 4.97. The molecule has 0 aromatic carbocycles. The van der Waals surface area contributed by atoms with Gasteiger partial charge in [-0.2, -0.15) is 4.79 Å². The number of nitrogens with one attached hydrogen (secondary N) is 1. The highest BCUT2D eigenvalue weighted by atomic mass is 16.5. The average Bonchev–Trinajstić information content (AvgIpc) is 2.40. The molecule has 0 aromatic heterocycles. The number of methoxy groups -OCH3 is 1. The monoisotopic (exact) mass is 285 g/mol. The Labute approximate surface area is 116 Å². The van der Waals surface area contributed by atoms with Gasteiger partial charge in [-0.25, -0.2) is 4.79 Å². The molecule has 2 atom stereocenters. The number of carbonyl (C=O) groups is 3. The van der Waals surface area contributed by atoms with E-state index in [4.69, 9.17) is 15.4 Å². The number of rotatable bonds is 10. The molecule has 2 N–H and O–H groups in total. The van der Waals surface area contributed by atoms with Crippen LogP contribution in [-0.2, 0) is 19.1 Å². The summed E-state index contributed by atoms with van der Waals surface area (Å²) >= 11 is 0. The van der Waals surface area contributed by atoms with Gasteiger partial charge in [-0.15, -0.1) is 0 Å². The van der Waals surface area contributed by atoms with Crippen molar-refractivity contribution in [3.8, 4) is 0 Å². The number of carboxylic acids is 1. The van der Waals surface area contributed by atoms with Gasteiger partial charge in [0.05, 0.1) is 0 Å². The van der Waals surface area contributed by atoms with Crippen LogP contribution in [-0.4, -0.2) is 53.0 Å². The molecular weight excluding hydrogens is 266 g/mol. The zero-order chi connectivity index (χ0) is 15.5. The van der Waals surface area contributed by atoms with Gasteiger partial charge < -0.3 is 20.7 Å². The molecule has 0 aliphatic heterocycles. The number of carbonyl (C=O) groups excluding carboxylic acids is 2. The first-order valence-electron chi connectivity index (χ1n) is 6.22. The van der Waals surface area contributed by atoms with E-state index >= 15 is 0 Å². The topological polar surface area (TPSA) is 129 Å². The largest absolute Gasteiger partial charge is 0.480 e. The van der Waals surface area contributed by atoms with E-state index in [-0.39, 0.29) is 12.8 Å². The van der Waals surface area contributed by atoms with Gasteiger partial charge in [0.2, 0.25) is 11.7 Å². The fourth-order valence-corrected chi connectivity index (χ4v) is 1.56. The molecule has 0 aromatic rings. The molecule has 0 spiro atoms. The maximum Gasteiger partial charge on any atom is 0.326 e. The molecule has 0 saturated heterocycles. The van der Waals surface area contributed by atoms with Crippen molar-refractivity contribution in [1.29, 1.82) is 0 Å². The van der Waals surface area contributed by atoms with Crippen LogP contribution in [0.2, 0.25) is 0 Å². The quantitative estimate of drug-likeness (QED) is 0.332. The van der Waals surface area contributed by atoms with E-state index in [1.165, 1.54) is 7.11 Å². The molecule has 8 nitrogen and oxygen atoms in total. The number of carboxylic acid groups (broad SMARTS) is 1. The maximum absolute atomic E-state index is 11.8. The summed E-state index contributed by atoms with van der Waals surface area (Å²) in [5.41, 5.74) is 8.17. The van der Waals surface area contributed by atoms with Crippen molar-refractivity contribution in [2.24, 2.45) is 0 Å². The van der Waals surface area contributed by atoms with Crippen LogP contribution in [0.15, 0.2) is 0 Å². The number of nitrogens with zero attached hydrogens (tertiary/aromatic N) is 2. The standard InChI is InChI=1S/C12H19N3O5/c1-3-4-10(20-2)11(17)15-9(12(18)19)6-5-8(16)7-14-13/h7,9-10H,3-6H2,1-2H3,(H,15,17)(H,18,19). The molecule has 112 valence electrons. The van der Waals surface area contributed by atoms with Gasteiger partial charge in [-0.05, 0) is 12.8 Å². The van der Waals surface area contributed by atoms with Crippen molar-refractivity contribution in [1.82, 2.24) is 5.32 Å². The van der Waals surface area contributed by atoms with Gasteiger partial charge in [-0.1, -0.05) is 13.3 Å². The van der Waals surface area contributed by atoms with Crippen LogP contribution >= 0.6 is 0 Å². The number of hydrogen-bond acceptors (Lipinski definition) is 4. The second-order valence-corrected chi connectivity index (χ2v) is 4.16. The summed E-state index contributed by atoms with van der Waals surface area (Å²) in [6.07, 6.45) is 0.938. The Morgan fingerprint density at radius 1 is 1.40 bits per heavy atom. The predicted molar refractivity (Wildman–Crippen MR) is 69.2 cm³/mol. The van der Waals surface area contributed by atoms with Crippen LogP contribution in [0.4, 0.5) is 0 Å². The van der Waals surface area contributed by atoms with Gasteiger partial charge in [0, 0.05) is 13.5 Å². The minimum Gasteiger partial charge on any atom is -0.480 e. The molecule has 0 bridgehead atoms. The fraction of sp³-hybridized carbons (Fsp3) is 0.667. The Balaban J connectivity index is 4.53. The second kappa shape index (κ2) is 9.82. The molecule has 0 fully saturated rings. The van der Waals surface area contributed by atoms with Crippen molar-refractivity contribution < 1.29 is 29.0 Å². The van der Waals surface area contributed by atoms with Crippen LogP contribution in [0.25, 0.3) is 5.53 Å². The Hall–Kier alpha value is -2.05. The Morgan fingerprint density at radius 3 is 2.50 bits per heavy atom. The number of hydrogen-bond donors (Lipinski definition) is 2. The third-order valence-corrected chi connectivity index (χ3v) is 2.62. The molecule has 0 aliphatic carbocycles. The van der Waals surface area contributed by atoms with Crippen molar-refractivity contribution >= 4 is 23.9 Å². The molecule has 0 rings (SSSR count). The summed E-state index contributed by atoms with van der Waals surface area (Å²) in [6.45, 7) is 1.88. The van der Waals surface area contributed by atoms with E-state index in [1.807, 2.05) is 6.92 Å². The lowest BCUT2D eigenvalue weighted by molar-refractivity contribution is -0.144. The third-order valence-electron chi connectivity index (χ3n) is 2.62. The van der Waals surface area contributed by atoms with Crippen molar-refractivity contribution in [3.63, 3.8) is 0 Å². The number of ketones is 1. The maximum atomic E-state index is 11.8. The van der Waals surface area contributed by atoms with Crippen molar-refractivity contribution in [3.05, 3.63) is 5.53 Å². The minimum atomic E-state index is -1.24. The van der Waals surface area contributed by atoms with Crippen LogP contribution in [0, 0.1) is 0 Å². The van der Waals surface area contributed by atoms with Crippen LogP contribution in [0.1, 0.15) is 32.6 Å². The first-order valence-corrected chi connectivity index (χ1v) is 6.22. The van der Waals surface area contributed by atoms with E-state index in [9.17, 15) is 14.4 Å². The van der Waals surface area contributed by atoms with Gasteiger partial charge in [0.25, 0.3) is 0 Å². The Morgan fingerprint density at radius 2 is 2.05 bits per heavy atom. The molecule has 8 heteroatoms. The molecule has 2 unspecified atom stereocenters. The van der Waals surface area contributed by atoms with Crippen molar-refractivity contribution in [2.45, 2.75) is 44.8 Å².